The summed E-state index contributed by atoms with van der Waals surface area (Å²) in [5, 5.41) is 3.21. The first-order valence-corrected chi connectivity index (χ1v) is 13.7. The van der Waals surface area contributed by atoms with E-state index in [0.29, 0.717) is 12.8 Å². The van der Waals surface area contributed by atoms with Crippen molar-refractivity contribution in [3.8, 4) is 0 Å². The predicted molar refractivity (Wildman–Crippen MR) is 127 cm³/mol. The molecule has 1 amide bonds. The van der Waals surface area contributed by atoms with Crippen molar-refractivity contribution >= 4 is 24.8 Å². The second kappa shape index (κ2) is 10.2. The normalized spacial score (nSPS) is 17.2. The molecule has 1 atom stereocenters. The minimum absolute atomic E-state index is 0.0664. The van der Waals surface area contributed by atoms with Crippen LogP contribution in [0.4, 0.5) is 5.69 Å². The fourth-order valence-electron chi connectivity index (χ4n) is 4.92. The molecule has 4 nitrogen and oxygen atoms in total. The fraction of sp³-hybridized carbons (Fsp3) is 0.440. The molecule has 1 aliphatic rings. The van der Waals surface area contributed by atoms with Gasteiger partial charge < -0.3 is 0 Å². The van der Waals surface area contributed by atoms with Crippen molar-refractivity contribution in [2.24, 2.45) is 0 Å². The number of esters is 1. The summed E-state index contributed by atoms with van der Waals surface area (Å²) in [5.41, 5.74) is 3.98. The predicted octanol–water partition coefficient (Wildman–Crippen LogP) is 5.31. The summed E-state index contributed by atoms with van der Waals surface area (Å²) in [4.78, 5) is 26.1. The summed E-state index contributed by atoms with van der Waals surface area (Å²) >= 11 is 0. The van der Waals surface area contributed by atoms with Crippen LogP contribution in [0.1, 0.15) is 42.9 Å². The van der Waals surface area contributed by atoms with Gasteiger partial charge in [-0.25, -0.2) is 0 Å². The zero-order valence-electron chi connectivity index (χ0n) is 18.4. The molecule has 1 fully saturated rings. The van der Waals surface area contributed by atoms with Crippen LogP contribution in [0.2, 0.25) is 0 Å². The van der Waals surface area contributed by atoms with E-state index in [0.717, 1.165) is 54.0 Å². The number of carbonyl (C=O) groups is 2. The zero-order valence-corrected chi connectivity index (χ0v) is 19.4. The molecule has 2 aromatic carbocycles. The average molecular weight is 428 g/mol. The monoisotopic (exact) mass is 427 g/mol. The summed E-state index contributed by atoms with van der Waals surface area (Å²) < 4.78 is 5.61. The third kappa shape index (κ3) is 5.29. The Morgan fingerprint density at radius 2 is 1.63 bits per heavy atom. The molecule has 3 rings (SSSR count). The molecule has 0 spiro atoms. The van der Waals surface area contributed by atoms with E-state index in [9.17, 15) is 9.59 Å². The van der Waals surface area contributed by atoms with Gasteiger partial charge in [-0.2, -0.15) is 0 Å². The summed E-state index contributed by atoms with van der Waals surface area (Å²) in [6.07, 6.45) is 5.52. The summed E-state index contributed by atoms with van der Waals surface area (Å²) in [7, 11) is -2.10. The molecule has 0 saturated carbocycles. The number of aryl methyl sites for hydroxylation is 2. The first-order chi connectivity index (χ1) is 14.4. The zero-order chi connectivity index (χ0) is 21.6. The Morgan fingerprint density at radius 3 is 2.23 bits per heavy atom. The van der Waals surface area contributed by atoms with Gasteiger partial charge in [-0.05, 0) is 0 Å². The van der Waals surface area contributed by atoms with Crippen molar-refractivity contribution in [3.05, 3.63) is 65.2 Å². The Hall–Kier alpha value is -2.19. The average Bonchev–Trinajstić information content (AvgIpc) is 3.19. The molecule has 0 bridgehead atoms. The second-order valence-corrected chi connectivity index (χ2v) is 13.4. The molecular weight excluding hydrogens is 393 g/mol. The van der Waals surface area contributed by atoms with Crippen molar-refractivity contribution in [1.82, 2.24) is 0 Å². The van der Waals surface area contributed by atoms with Gasteiger partial charge in [0, 0.05) is 0 Å². The van der Waals surface area contributed by atoms with E-state index in [2.05, 4.69) is 12.2 Å². The fourth-order valence-corrected chi connectivity index (χ4v) is 10.5. The number of carbonyl (C=O) groups excluding carboxylic acids is 2. The number of hydrogen-bond donors (Lipinski definition) is 1. The Kier molecular flexibility index (Phi) is 7.66. The van der Waals surface area contributed by atoms with Gasteiger partial charge in [0.1, 0.15) is 0 Å². The molecule has 162 valence electrons. The standard InChI is InChI=1S/C25H34NO3P/c1-4-22(25(28)26-24-19(2)11-10-12-20(24)3)30(15-8-9-16-30)18-23(27)29-17-21-13-6-5-7-14-21/h5-7,10-14,22,30H,4,8-9,15-18H2,1-3H3,(H,26,28). The van der Waals surface area contributed by atoms with Crippen molar-refractivity contribution in [3.63, 3.8) is 0 Å². The maximum atomic E-state index is 13.4. The van der Waals surface area contributed by atoms with Crippen molar-refractivity contribution in [1.29, 1.82) is 0 Å². The topological polar surface area (TPSA) is 55.4 Å². The van der Waals surface area contributed by atoms with Crippen LogP contribution in [0.3, 0.4) is 0 Å². The molecule has 30 heavy (non-hydrogen) atoms. The van der Waals surface area contributed by atoms with Gasteiger partial charge in [0.05, 0.1) is 0 Å². The van der Waals surface area contributed by atoms with Crippen molar-refractivity contribution in [2.45, 2.75) is 52.3 Å². The van der Waals surface area contributed by atoms with E-state index in [4.69, 9.17) is 4.74 Å². The van der Waals surface area contributed by atoms with Crippen LogP contribution in [-0.2, 0) is 20.9 Å². The van der Waals surface area contributed by atoms with Crippen molar-refractivity contribution < 1.29 is 14.3 Å². The molecule has 1 saturated heterocycles. The Labute approximate surface area is 180 Å². The third-order valence-corrected chi connectivity index (χ3v) is 12.4. The molecule has 5 heteroatoms. The van der Waals surface area contributed by atoms with E-state index in [1.165, 1.54) is 0 Å². The van der Waals surface area contributed by atoms with Crippen LogP contribution in [0, 0.1) is 13.8 Å². The van der Waals surface area contributed by atoms with Gasteiger partial charge in [-0.1, -0.05) is 0 Å². The molecule has 0 radical (unpaired) electrons. The number of nitrogens with one attached hydrogen (secondary N) is 1. The van der Waals surface area contributed by atoms with Crippen LogP contribution in [-0.4, -0.2) is 36.0 Å². The molecular formula is C25H34NO3P. The van der Waals surface area contributed by atoms with Crippen LogP contribution in [0.15, 0.2) is 48.5 Å². The molecule has 2 aromatic rings. The molecule has 1 N–H and O–H groups in total. The van der Waals surface area contributed by atoms with Gasteiger partial charge >= 0.3 is 180 Å². The first-order valence-electron chi connectivity index (χ1n) is 11.0. The van der Waals surface area contributed by atoms with E-state index in [-0.39, 0.29) is 17.5 Å². The van der Waals surface area contributed by atoms with Gasteiger partial charge in [0.25, 0.3) is 0 Å². The number of amides is 1. The van der Waals surface area contributed by atoms with Gasteiger partial charge in [0.2, 0.25) is 0 Å². The van der Waals surface area contributed by atoms with E-state index >= 15 is 0 Å². The van der Waals surface area contributed by atoms with Gasteiger partial charge in [-0.15, -0.1) is 0 Å². The Bertz CT molecular complexity index is 855. The van der Waals surface area contributed by atoms with E-state index in [1.807, 2.05) is 62.4 Å². The van der Waals surface area contributed by atoms with Crippen LogP contribution < -0.4 is 5.32 Å². The number of benzene rings is 2. The SMILES string of the molecule is CCC(C(=O)Nc1c(C)cccc1C)[PH]1(CC(=O)OCc2ccccc2)CCCC1. The van der Waals surface area contributed by atoms with Crippen LogP contribution in [0.25, 0.3) is 0 Å². The van der Waals surface area contributed by atoms with Crippen LogP contribution in [0.5, 0.6) is 0 Å². The maximum absolute atomic E-state index is 13.4. The van der Waals surface area contributed by atoms with Crippen molar-refractivity contribution in [2.75, 3.05) is 23.8 Å². The van der Waals surface area contributed by atoms with E-state index < -0.39 is 7.26 Å². The van der Waals surface area contributed by atoms with Crippen LogP contribution >= 0.6 is 7.26 Å². The second-order valence-electron chi connectivity index (χ2n) is 8.61. The van der Waals surface area contributed by atoms with Gasteiger partial charge in [0.15, 0.2) is 0 Å². The number of rotatable bonds is 8. The summed E-state index contributed by atoms with van der Waals surface area (Å²) in [6.45, 7) is 6.42. The number of anilines is 1. The first kappa shape index (κ1) is 22.5. The third-order valence-electron chi connectivity index (χ3n) is 6.53. The molecule has 1 unspecified atom stereocenters. The molecule has 0 aliphatic carbocycles. The Morgan fingerprint density at radius 1 is 1.00 bits per heavy atom. The molecule has 1 heterocycles. The quantitative estimate of drug-likeness (QED) is 0.459. The van der Waals surface area contributed by atoms with E-state index in [1.54, 1.807) is 0 Å². The summed E-state index contributed by atoms with van der Waals surface area (Å²) in [5.74, 6) is -0.0648. The number of hydrogen-bond acceptors (Lipinski definition) is 3. The molecule has 0 aromatic heterocycles. The number of para-hydroxylation sites is 1. The summed E-state index contributed by atoms with van der Waals surface area (Å²) in [6, 6.07) is 15.8. The minimum atomic E-state index is -2.10. The Balaban J connectivity index is 1.72. The van der Waals surface area contributed by atoms with Gasteiger partial charge in [-0.3, -0.25) is 0 Å². The number of ether oxygens (including phenoxy) is 1. The molecule has 1 aliphatic heterocycles.